The fourth-order valence-electron chi connectivity index (χ4n) is 2.24. The summed E-state index contributed by atoms with van der Waals surface area (Å²) >= 11 is 6.07. The van der Waals surface area contributed by atoms with Crippen LogP contribution in [0.3, 0.4) is 0 Å². The molecular weight excluding hydrogens is 374 g/mol. The number of carbonyl (C=O) groups is 1. The third-order valence-corrected chi connectivity index (χ3v) is 4.98. The highest BCUT2D eigenvalue weighted by molar-refractivity contribution is 7.89. The van der Waals surface area contributed by atoms with E-state index in [1.807, 2.05) is 19.1 Å². The minimum Gasteiger partial charge on any atom is -0.376 e. The zero-order valence-electron chi connectivity index (χ0n) is 14.7. The summed E-state index contributed by atoms with van der Waals surface area (Å²) in [7, 11) is -0.303. The number of nitrogens with one attached hydrogen (secondary N) is 1. The lowest BCUT2D eigenvalue weighted by molar-refractivity contribution is -0.111. The van der Waals surface area contributed by atoms with Gasteiger partial charge in [-0.15, -0.1) is 0 Å². The summed E-state index contributed by atoms with van der Waals surface area (Å²) in [5.41, 5.74) is 2.72. The first-order valence-electron chi connectivity index (χ1n) is 7.67. The Balaban J connectivity index is 2.26. The number of aryl methyl sites for hydroxylation is 1. The van der Waals surface area contributed by atoms with E-state index in [0.29, 0.717) is 16.4 Å². The minimum atomic E-state index is -3.87. The first-order chi connectivity index (χ1) is 12.1. The molecule has 3 N–H and O–H groups in total. The molecule has 0 aliphatic rings. The van der Waals surface area contributed by atoms with Crippen molar-refractivity contribution in [2.75, 3.05) is 24.3 Å². The number of nitrogens with two attached hydrogens (primary N) is 1. The Bertz CT molecular complexity index is 970. The maximum absolute atomic E-state index is 12.2. The molecule has 0 bridgehead atoms. The molecule has 0 saturated carbocycles. The average molecular weight is 394 g/mol. The Morgan fingerprint density at radius 2 is 1.88 bits per heavy atom. The van der Waals surface area contributed by atoms with Crippen LogP contribution < -0.4 is 15.4 Å². The van der Waals surface area contributed by atoms with Crippen molar-refractivity contribution in [1.29, 1.82) is 0 Å². The number of hydrogen-bond acceptors (Lipinski definition) is 4. The zero-order valence-corrected chi connectivity index (χ0v) is 16.2. The van der Waals surface area contributed by atoms with Gasteiger partial charge in [-0.05, 0) is 48.4 Å². The van der Waals surface area contributed by atoms with Crippen molar-refractivity contribution in [2.24, 2.45) is 5.14 Å². The molecule has 2 aromatic rings. The smallest absolute Gasteiger partial charge is 0.248 e. The van der Waals surface area contributed by atoms with Crippen molar-refractivity contribution in [3.05, 3.63) is 58.6 Å². The van der Waals surface area contributed by atoms with Gasteiger partial charge in [-0.1, -0.05) is 23.7 Å². The number of rotatable bonds is 5. The molecule has 138 valence electrons. The average Bonchev–Trinajstić information content (AvgIpc) is 2.55. The molecule has 0 aliphatic carbocycles. The Morgan fingerprint density at radius 3 is 2.46 bits per heavy atom. The first kappa shape index (κ1) is 20.0. The van der Waals surface area contributed by atoms with Crippen LogP contribution in [-0.2, 0) is 14.8 Å². The van der Waals surface area contributed by atoms with Gasteiger partial charge in [0.05, 0.1) is 16.3 Å². The predicted octanol–water partition coefficient (Wildman–Crippen LogP) is 3.01. The van der Waals surface area contributed by atoms with Gasteiger partial charge >= 0.3 is 0 Å². The van der Waals surface area contributed by atoms with Gasteiger partial charge in [0.15, 0.2) is 0 Å². The van der Waals surface area contributed by atoms with Crippen LogP contribution in [0.15, 0.2) is 47.4 Å². The van der Waals surface area contributed by atoms with E-state index in [9.17, 15) is 13.2 Å². The van der Waals surface area contributed by atoms with Gasteiger partial charge in [-0.3, -0.25) is 4.79 Å². The predicted molar refractivity (Wildman–Crippen MR) is 106 cm³/mol. The van der Waals surface area contributed by atoms with E-state index in [2.05, 4.69) is 5.32 Å². The van der Waals surface area contributed by atoms with Crippen molar-refractivity contribution < 1.29 is 13.2 Å². The van der Waals surface area contributed by atoms with E-state index in [-0.39, 0.29) is 4.90 Å². The highest BCUT2D eigenvalue weighted by Gasteiger charge is 2.13. The lowest BCUT2D eigenvalue weighted by Crippen LogP contribution is -2.17. The summed E-state index contributed by atoms with van der Waals surface area (Å²) < 4.78 is 23.1. The fraction of sp³-hybridized carbons (Fsp3) is 0.167. The molecule has 0 radical (unpaired) electrons. The number of benzene rings is 2. The minimum absolute atomic E-state index is 0.0762. The van der Waals surface area contributed by atoms with Crippen LogP contribution in [0.2, 0.25) is 5.02 Å². The number of amides is 1. The molecule has 0 aliphatic heterocycles. The van der Waals surface area contributed by atoms with Gasteiger partial charge in [-0.25, -0.2) is 13.6 Å². The van der Waals surface area contributed by atoms with Gasteiger partial charge in [0.2, 0.25) is 15.9 Å². The SMILES string of the molecule is Cc1ccc(/C=C/C(=O)Nc2cc(S(N)(=O)=O)ccc2N(C)C)cc1Cl. The number of hydrogen-bond donors (Lipinski definition) is 2. The van der Waals surface area contributed by atoms with Crippen LogP contribution in [0.1, 0.15) is 11.1 Å². The Kier molecular flexibility index (Phi) is 6.07. The molecule has 0 aromatic heterocycles. The molecule has 2 rings (SSSR count). The summed E-state index contributed by atoms with van der Waals surface area (Å²) in [5.74, 6) is -0.406. The van der Waals surface area contributed by atoms with Crippen LogP contribution >= 0.6 is 11.6 Å². The topological polar surface area (TPSA) is 92.5 Å². The van der Waals surface area contributed by atoms with Gasteiger partial charge < -0.3 is 10.2 Å². The van der Waals surface area contributed by atoms with E-state index in [4.69, 9.17) is 16.7 Å². The maximum Gasteiger partial charge on any atom is 0.248 e. The third-order valence-electron chi connectivity index (χ3n) is 3.66. The van der Waals surface area contributed by atoms with E-state index in [1.54, 1.807) is 37.2 Å². The normalized spacial score (nSPS) is 11.6. The summed E-state index contributed by atoms with van der Waals surface area (Å²) in [4.78, 5) is 13.9. The van der Waals surface area contributed by atoms with Crippen LogP contribution in [-0.4, -0.2) is 28.4 Å². The maximum atomic E-state index is 12.2. The van der Waals surface area contributed by atoms with Crippen LogP contribution in [0.5, 0.6) is 0 Å². The van der Waals surface area contributed by atoms with Crippen molar-refractivity contribution in [3.8, 4) is 0 Å². The van der Waals surface area contributed by atoms with Crippen molar-refractivity contribution in [2.45, 2.75) is 11.8 Å². The Hall–Kier alpha value is -2.35. The Labute approximate surface area is 158 Å². The zero-order chi connectivity index (χ0) is 19.5. The van der Waals surface area contributed by atoms with Gasteiger partial charge in [-0.2, -0.15) is 0 Å². The number of anilines is 2. The molecule has 0 spiro atoms. The van der Waals surface area contributed by atoms with Crippen molar-refractivity contribution in [1.82, 2.24) is 0 Å². The number of halogens is 1. The standard InChI is InChI=1S/C18H20ClN3O3S/c1-12-4-5-13(10-15(12)19)6-9-18(23)21-16-11-14(26(20,24)25)7-8-17(16)22(2)3/h4-11H,1-3H3,(H,21,23)(H2,20,24,25)/b9-6+. The molecule has 0 atom stereocenters. The molecule has 6 nitrogen and oxygen atoms in total. The second-order valence-corrected chi connectivity index (χ2v) is 7.92. The van der Waals surface area contributed by atoms with E-state index >= 15 is 0 Å². The largest absolute Gasteiger partial charge is 0.376 e. The summed E-state index contributed by atoms with van der Waals surface area (Å²) in [6.07, 6.45) is 2.98. The lowest BCUT2D eigenvalue weighted by Gasteiger charge is -2.18. The summed E-state index contributed by atoms with van der Waals surface area (Å²) in [6.45, 7) is 1.89. The van der Waals surface area contributed by atoms with Crippen LogP contribution in [0.25, 0.3) is 6.08 Å². The first-order valence-corrected chi connectivity index (χ1v) is 9.60. The number of carbonyl (C=O) groups excluding carboxylic acids is 1. The lowest BCUT2D eigenvalue weighted by atomic mass is 10.1. The summed E-state index contributed by atoms with van der Waals surface area (Å²) in [6, 6.07) is 9.77. The van der Waals surface area contributed by atoms with Crippen LogP contribution in [0, 0.1) is 6.92 Å². The number of sulfonamides is 1. The molecule has 2 aromatic carbocycles. The monoisotopic (exact) mass is 393 g/mol. The molecule has 0 unspecified atom stereocenters. The highest BCUT2D eigenvalue weighted by atomic mass is 35.5. The second kappa shape index (κ2) is 7.90. The second-order valence-electron chi connectivity index (χ2n) is 5.95. The molecule has 8 heteroatoms. The van der Waals surface area contributed by atoms with E-state index in [0.717, 1.165) is 11.1 Å². The molecule has 26 heavy (non-hydrogen) atoms. The third kappa shape index (κ3) is 5.08. The molecule has 0 saturated heterocycles. The molecular formula is C18H20ClN3O3S. The van der Waals surface area contributed by atoms with E-state index in [1.165, 1.54) is 18.2 Å². The van der Waals surface area contributed by atoms with Crippen LogP contribution in [0.4, 0.5) is 11.4 Å². The highest BCUT2D eigenvalue weighted by Crippen LogP contribution is 2.27. The van der Waals surface area contributed by atoms with E-state index < -0.39 is 15.9 Å². The molecule has 0 fully saturated rings. The fourth-order valence-corrected chi connectivity index (χ4v) is 2.97. The quantitative estimate of drug-likeness (QED) is 0.763. The number of primary sulfonamides is 1. The number of nitrogens with zero attached hydrogens (tertiary/aromatic N) is 1. The van der Waals surface area contributed by atoms with Crippen molar-refractivity contribution in [3.63, 3.8) is 0 Å². The Morgan fingerprint density at radius 1 is 1.19 bits per heavy atom. The van der Waals surface area contributed by atoms with Gasteiger partial charge in [0.1, 0.15) is 0 Å². The summed E-state index contributed by atoms with van der Waals surface area (Å²) in [5, 5.41) is 8.46. The molecule has 1 amide bonds. The van der Waals surface area contributed by atoms with Crippen molar-refractivity contribution >= 4 is 45.0 Å². The van der Waals surface area contributed by atoms with Gasteiger partial charge in [0, 0.05) is 25.2 Å². The molecule has 0 heterocycles. The van der Waals surface area contributed by atoms with Gasteiger partial charge in [0.25, 0.3) is 0 Å².